The van der Waals surface area contributed by atoms with Gasteiger partial charge in [0.2, 0.25) is 12.3 Å². The summed E-state index contributed by atoms with van der Waals surface area (Å²) in [4.78, 5) is 23.4. The number of carbonyl (C=O) groups is 2. The first-order chi connectivity index (χ1) is 8.41. The summed E-state index contributed by atoms with van der Waals surface area (Å²) in [5, 5.41) is 29.9. The van der Waals surface area contributed by atoms with E-state index in [1.54, 1.807) is 0 Å². The number of rotatable bonds is 2. The largest absolute Gasteiger partial charge is 0.387 e. The summed E-state index contributed by atoms with van der Waals surface area (Å²) >= 11 is 0. The Morgan fingerprint density at radius 1 is 1.39 bits per heavy atom. The van der Waals surface area contributed by atoms with Gasteiger partial charge in [0, 0.05) is 13.0 Å². The SMILES string of the molecule is O=C1CCN([C@@H]2O[C@H](C(O)F)[C@@H](O)[C@H]2O)C(=O)N1. The van der Waals surface area contributed by atoms with Gasteiger partial charge in [-0.3, -0.25) is 15.0 Å². The zero-order chi connectivity index (χ0) is 13.4. The molecule has 18 heavy (non-hydrogen) atoms. The van der Waals surface area contributed by atoms with Gasteiger partial charge in [0.1, 0.15) is 18.3 Å². The number of alkyl halides is 1. The van der Waals surface area contributed by atoms with E-state index in [-0.39, 0.29) is 13.0 Å². The Hall–Kier alpha value is -1.29. The van der Waals surface area contributed by atoms with Crippen molar-refractivity contribution in [3.63, 3.8) is 0 Å². The van der Waals surface area contributed by atoms with E-state index in [0.29, 0.717) is 0 Å². The number of ether oxygens (including phenoxy) is 1. The van der Waals surface area contributed by atoms with Crippen LogP contribution in [0.25, 0.3) is 0 Å². The minimum absolute atomic E-state index is 0.0112. The smallest absolute Gasteiger partial charge is 0.326 e. The molecule has 1 unspecified atom stereocenters. The average Bonchev–Trinajstić information content (AvgIpc) is 2.57. The van der Waals surface area contributed by atoms with E-state index < -0.39 is 42.8 Å². The van der Waals surface area contributed by atoms with Gasteiger partial charge in [-0.15, -0.1) is 0 Å². The summed E-state index contributed by atoms with van der Waals surface area (Å²) < 4.78 is 17.6. The molecule has 3 amide bonds. The lowest BCUT2D eigenvalue weighted by Gasteiger charge is -2.32. The third-order valence-electron chi connectivity index (χ3n) is 2.94. The lowest BCUT2D eigenvalue weighted by Crippen LogP contribution is -2.56. The fraction of sp³-hybridized carbons (Fsp3) is 0.778. The topological polar surface area (TPSA) is 119 Å². The van der Waals surface area contributed by atoms with E-state index in [9.17, 15) is 24.2 Å². The molecule has 0 aromatic heterocycles. The van der Waals surface area contributed by atoms with E-state index >= 15 is 0 Å². The molecule has 0 aromatic carbocycles. The van der Waals surface area contributed by atoms with Crippen molar-refractivity contribution >= 4 is 11.9 Å². The van der Waals surface area contributed by atoms with E-state index in [0.717, 1.165) is 4.90 Å². The lowest BCUT2D eigenvalue weighted by molar-refractivity contribution is -0.143. The van der Waals surface area contributed by atoms with Crippen molar-refractivity contribution in [1.82, 2.24) is 10.2 Å². The van der Waals surface area contributed by atoms with Crippen molar-refractivity contribution in [1.29, 1.82) is 0 Å². The molecule has 2 heterocycles. The molecule has 0 aromatic rings. The summed E-state index contributed by atoms with van der Waals surface area (Å²) in [5.74, 6) is -0.466. The molecule has 2 aliphatic heterocycles. The summed E-state index contributed by atoms with van der Waals surface area (Å²) in [6, 6.07) is -0.795. The van der Waals surface area contributed by atoms with Crippen molar-refractivity contribution in [3.05, 3.63) is 0 Å². The molecule has 4 N–H and O–H groups in total. The molecule has 0 spiro atoms. The summed E-state index contributed by atoms with van der Waals surface area (Å²) in [6.07, 6.45) is -8.61. The van der Waals surface area contributed by atoms with Crippen LogP contribution < -0.4 is 5.32 Å². The molecule has 2 saturated heterocycles. The maximum Gasteiger partial charge on any atom is 0.326 e. The molecule has 2 fully saturated rings. The number of halogens is 1. The molecule has 0 saturated carbocycles. The maximum atomic E-state index is 12.7. The van der Waals surface area contributed by atoms with Crippen LogP contribution in [0.1, 0.15) is 6.42 Å². The number of nitrogens with one attached hydrogen (secondary N) is 1. The summed E-state index contributed by atoms with van der Waals surface area (Å²) in [5.41, 5.74) is 0. The Labute approximate surface area is 101 Å². The van der Waals surface area contributed by atoms with E-state index in [4.69, 9.17) is 9.84 Å². The molecule has 102 valence electrons. The van der Waals surface area contributed by atoms with Gasteiger partial charge >= 0.3 is 6.03 Å². The molecule has 9 heteroatoms. The fourth-order valence-corrected chi connectivity index (χ4v) is 1.99. The first kappa shape index (κ1) is 13.1. The highest BCUT2D eigenvalue weighted by atomic mass is 19.1. The van der Waals surface area contributed by atoms with Crippen LogP contribution in [0.2, 0.25) is 0 Å². The third-order valence-corrected chi connectivity index (χ3v) is 2.94. The maximum absolute atomic E-state index is 12.7. The highest BCUT2D eigenvalue weighted by Gasteiger charge is 2.50. The van der Waals surface area contributed by atoms with Crippen LogP contribution in [0, 0.1) is 0 Å². The number of hydrogen-bond acceptors (Lipinski definition) is 6. The molecular weight excluding hydrogens is 251 g/mol. The first-order valence-electron chi connectivity index (χ1n) is 5.36. The molecule has 2 aliphatic rings. The van der Waals surface area contributed by atoms with Gasteiger partial charge in [0.25, 0.3) is 0 Å². The zero-order valence-electron chi connectivity index (χ0n) is 9.19. The van der Waals surface area contributed by atoms with Crippen molar-refractivity contribution in [2.45, 2.75) is 37.3 Å². The molecule has 0 radical (unpaired) electrons. The van der Waals surface area contributed by atoms with Crippen LogP contribution in [0.15, 0.2) is 0 Å². The van der Waals surface area contributed by atoms with Gasteiger partial charge in [-0.2, -0.15) is 0 Å². The predicted molar refractivity (Wildman–Crippen MR) is 52.7 cm³/mol. The molecule has 8 nitrogen and oxygen atoms in total. The van der Waals surface area contributed by atoms with Gasteiger partial charge in [0.05, 0.1) is 0 Å². The highest BCUT2D eigenvalue weighted by molar-refractivity contribution is 5.96. The van der Waals surface area contributed by atoms with Crippen LogP contribution >= 0.6 is 0 Å². The second-order valence-corrected chi connectivity index (χ2v) is 4.14. The number of hydrogen-bond donors (Lipinski definition) is 4. The van der Waals surface area contributed by atoms with Crippen LogP contribution in [-0.4, -0.2) is 69.6 Å². The van der Waals surface area contributed by atoms with Gasteiger partial charge in [0.15, 0.2) is 6.23 Å². The Balaban J connectivity index is 2.10. The Morgan fingerprint density at radius 3 is 2.56 bits per heavy atom. The van der Waals surface area contributed by atoms with Gasteiger partial charge in [-0.25, -0.2) is 9.18 Å². The number of urea groups is 1. The van der Waals surface area contributed by atoms with Crippen LogP contribution in [0.5, 0.6) is 0 Å². The number of amides is 3. The molecular formula is C9H13FN2O6. The van der Waals surface area contributed by atoms with Crippen LogP contribution in [0.4, 0.5) is 9.18 Å². The van der Waals surface area contributed by atoms with Crippen LogP contribution in [0.3, 0.4) is 0 Å². The van der Waals surface area contributed by atoms with Crippen molar-refractivity contribution in [2.75, 3.05) is 6.54 Å². The molecule has 0 aliphatic carbocycles. The Kier molecular flexibility index (Phi) is 3.48. The first-order valence-corrected chi connectivity index (χ1v) is 5.36. The normalized spacial score (nSPS) is 38.8. The lowest BCUT2D eigenvalue weighted by atomic mass is 10.1. The number of aliphatic hydroxyl groups excluding tert-OH is 3. The van der Waals surface area contributed by atoms with E-state index in [1.807, 2.05) is 5.32 Å². The molecule has 5 atom stereocenters. The Morgan fingerprint density at radius 2 is 2.06 bits per heavy atom. The highest BCUT2D eigenvalue weighted by Crippen LogP contribution is 2.27. The zero-order valence-corrected chi connectivity index (χ0v) is 9.19. The molecule has 0 bridgehead atoms. The number of aliphatic hydroxyl groups is 3. The van der Waals surface area contributed by atoms with Gasteiger partial charge < -0.3 is 20.1 Å². The summed E-state index contributed by atoms with van der Waals surface area (Å²) in [7, 11) is 0. The number of imide groups is 1. The molecule has 2 rings (SSSR count). The van der Waals surface area contributed by atoms with Crippen molar-refractivity contribution in [3.8, 4) is 0 Å². The quantitative estimate of drug-likeness (QED) is 0.444. The van der Waals surface area contributed by atoms with Gasteiger partial charge in [-0.1, -0.05) is 0 Å². The number of carbonyl (C=O) groups excluding carboxylic acids is 2. The van der Waals surface area contributed by atoms with Crippen LogP contribution in [-0.2, 0) is 9.53 Å². The second-order valence-electron chi connectivity index (χ2n) is 4.14. The van der Waals surface area contributed by atoms with Crippen molar-refractivity contribution in [2.24, 2.45) is 0 Å². The number of nitrogens with zero attached hydrogens (tertiary/aromatic N) is 1. The second kappa shape index (κ2) is 4.76. The summed E-state index contributed by atoms with van der Waals surface area (Å²) in [6.45, 7) is -0.0196. The monoisotopic (exact) mass is 264 g/mol. The third kappa shape index (κ3) is 2.17. The predicted octanol–water partition coefficient (Wildman–Crippen LogP) is -2.34. The Bertz CT molecular complexity index is 365. The van der Waals surface area contributed by atoms with Crippen molar-refractivity contribution < 1.29 is 34.0 Å². The van der Waals surface area contributed by atoms with Gasteiger partial charge in [-0.05, 0) is 0 Å². The standard InChI is InChI=1S/C9H13FN2O6/c10-7(16)6-4(14)5(15)8(18-6)12-2-1-3(13)11-9(12)17/h4-8,14-16H,1-2H2,(H,11,13,17)/t4-,5+,6-,7?,8+/m0/s1. The minimum atomic E-state index is -2.48. The fourth-order valence-electron chi connectivity index (χ4n) is 1.99. The van der Waals surface area contributed by atoms with E-state index in [2.05, 4.69) is 0 Å². The average molecular weight is 264 g/mol. The minimum Gasteiger partial charge on any atom is -0.387 e. The van der Waals surface area contributed by atoms with E-state index in [1.165, 1.54) is 0 Å².